The van der Waals surface area contributed by atoms with Crippen molar-refractivity contribution in [2.24, 2.45) is 0 Å². The van der Waals surface area contributed by atoms with Crippen molar-refractivity contribution in [2.45, 2.75) is 13.8 Å². The minimum Gasteiger partial charge on any atom is -0.399 e. The van der Waals surface area contributed by atoms with Crippen molar-refractivity contribution < 1.29 is 0 Å². The van der Waals surface area contributed by atoms with Crippen LogP contribution in [0.2, 0.25) is 0 Å². The smallest absolute Gasteiger partial charge is 0.0314 e. The van der Waals surface area contributed by atoms with Crippen molar-refractivity contribution in [3.05, 3.63) is 29.8 Å². The van der Waals surface area contributed by atoms with E-state index in [1.54, 1.807) is 0 Å². The van der Waals surface area contributed by atoms with E-state index in [4.69, 9.17) is 5.73 Å². The van der Waals surface area contributed by atoms with Gasteiger partial charge in [0.2, 0.25) is 0 Å². The summed E-state index contributed by atoms with van der Waals surface area (Å²) in [5.74, 6) is 0. The molecule has 0 amide bonds. The summed E-state index contributed by atoms with van der Waals surface area (Å²) >= 11 is 0. The van der Waals surface area contributed by atoms with Crippen LogP contribution < -0.4 is 11.1 Å². The Labute approximate surface area is 74.8 Å². The molecule has 0 unspecified atom stereocenters. The van der Waals surface area contributed by atoms with Crippen LogP contribution >= 0.6 is 0 Å². The topological polar surface area (TPSA) is 38.0 Å². The third kappa shape index (κ3) is 5.74. The lowest BCUT2D eigenvalue weighted by Crippen LogP contribution is -2.01. The lowest BCUT2D eigenvalue weighted by Gasteiger charge is -1.90. The highest BCUT2D eigenvalue weighted by Crippen LogP contribution is 2.02. The number of rotatable bonds is 1. The van der Waals surface area contributed by atoms with E-state index in [2.05, 4.69) is 12.2 Å². The van der Waals surface area contributed by atoms with E-state index in [9.17, 15) is 0 Å². The maximum atomic E-state index is 5.43. The average molecular weight is 166 g/mol. The Morgan fingerprint density at radius 1 is 1.25 bits per heavy atom. The molecule has 0 heterocycles. The van der Waals surface area contributed by atoms with Crippen molar-refractivity contribution in [3.63, 3.8) is 0 Å². The fourth-order valence-corrected chi connectivity index (χ4v) is 0.566. The highest BCUT2D eigenvalue weighted by molar-refractivity contribution is 5.38. The Morgan fingerprint density at radius 3 is 1.92 bits per heavy atom. The van der Waals surface area contributed by atoms with Crippen LogP contribution in [-0.2, 0) is 0 Å². The largest absolute Gasteiger partial charge is 0.399 e. The average Bonchev–Trinajstić information content (AvgIpc) is 2.11. The summed E-state index contributed by atoms with van der Waals surface area (Å²) in [6.45, 7) is 5.18. The Balaban J connectivity index is 0.000000261. The molecule has 0 spiro atoms. The lowest BCUT2D eigenvalue weighted by molar-refractivity contribution is 0.864. The molecule has 1 aromatic rings. The van der Waals surface area contributed by atoms with Gasteiger partial charge in [0.05, 0.1) is 0 Å². The van der Waals surface area contributed by atoms with Gasteiger partial charge in [-0.3, -0.25) is 0 Å². The fourth-order valence-electron chi connectivity index (χ4n) is 0.566. The second-order valence-electron chi connectivity index (χ2n) is 2.62. The lowest BCUT2D eigenvalue weighted by atomic mass is 10.2. The van der Waals surface area contributed by atoms with Crippen LogP contribution in [0.4, 0.5) is 5.69 Å². The van der Waals surface area contributed by atoms with E-state index in [0.717, 1.165) is 12.2 Å². The monoisotopic (exact) mass is 166 g/mol. The van der Waals surface area contributed by atoms with Gasteiger partial charge in [-0.05, 0) is 32.6 Å². The van der Waals surface area contributed by atoms with Gasteiger partial charge in [-0.1, -0.05) is 24.6 Å². The first kappa shape index (κ1) is 11.0. The summed E-state index contributed by atoms with van der Waals surface area (Å²) in [7, 11) is 1.93. The van der Waals surface area contributed by atoms with Crippen LogP contribution in [0.15, 0.2) is 24.3 Å². The first-order valence-electron chi connectivity index (χ1n) is 4.17. The van der Waals surface area contributed by atoms with Crippen molar-refractivity contribution >= 4 is 5.69 Å². The van der Waals surface area contributed by atoms with Crippen molar-refractivity contribution in [1.29, 1.82) is 0 Å². The molecule has 0 atom stereocenters. The third-order valence-corrected chi connectivity index (χ3v) is 1.43. The molecule has 0 aliphatic carbocycles. The Kier molecular flexibility index (Phi) is 6.11. The predicted octanol–water partition coefficient (Wildman–Crippen LogP) is 1.80. The summed E-state index contributed by atoms with van der Waals surface area (Å²) in [4.78, 5) is 0. The van der Waals surface area contributed by atoms with E-state index < -0.39 is 0 Å². The molecule has 0 aliphatic heterocycles. The number of hydrogen-bond acceptors (Lipinski definition) is 2. The predicted molar refractivity (Wildman–Crippen MR) is 55.2 cm³/mol. The van der Waals surface area contributed by atoms with Gasteiger partial charge in [-0.2, -0.15) is 0 Å². The molecule has 2 nitrogen and oxygen atoms in total. The Hall–Kier alpha value is -1.02. The van der Waals surface area contributed by atoms with Gasteiger partial charge >= 0.3 is 0 Å². The number of aryl methyl sites for hydroxylation is 1. The Bertz CT molecular complexity index is 168. The zero-order valence-electron chi connectivity index (χ0n) is 8.09. The number of anilines is 1. The van der Waals surface area contributed by atoms with Crippen LogP contribution in [0, 0.1) is 6.92 Å². The van der Waals surface area contributed by atoms with Crippen LogP contribution in [0.5, 0.6) is 0 Å². The summed E-state index contributed by atoms with van der Waals surface area (Å²) in [5, 5.41) is 2.93. The standard InChI is InChI=1S/C7H9N.C3H9N/c1-6-2-4-7(8)5-3-6;1-3-4-2/h2-5H,8H2,1H3;4H,3H2,1-2H3. The molecule has 0 bridgehead atoms. The van der Waals surface area contributed by atoms with Crippen molar-refractivity contribution in [2.75, 3.05) is 19.3 Å². The summed E-state index contributed by atoms with van der Waals surface area (Å²) in [6.07, 6.45) is 0. The highest BCUT2D eigenvalue weighted by atomic mass is 14.8. The van der Waals surface area contributed by atoms with E-state index in [0.29, 0.717) is 0 Å². The molecule has 68 valence electrons. The van der Waals surface area contributed by atoms with Crippen LogP contribution in [0.25, 0.3) is 0 Å². The molecule has 0 aliphatic rings. The van der Waals surface area contributed by atoms with Gasteiger partial charge in [-0.15, -0.1) is 0 Å². The van der Waals surface area contributed by atoms with Gasteiger partial charge in [0.1, 0.15) is 0 Å². The number of hydrogen-bond donors (Lipinski definition) is 2. The van der Waals surface area contributed by atoms with E-state index in [1.165, 1.54) is 5.56 Å². The first-order chi connectivity index (χ1) is 5.70. The second-order valence-corrected chi connectivity index (χ2v) is 2.62. The molecular weight excluding hydrogens is 148 g/mol. The van der Waals surface area contributed by atoms with Crippen molar-refractivity contribution in [3.8, 4) is 0 Å². The fraction of sp³-hybridized carbons (Fsp3) is 0.400. The van der Waals surface area contributed by atoms with Crippen LogP contribution in [-0.4, -0.2) is 13.6 Å². The first-order valence-corrected chi connectivity index (χ1v) is 4.17. The molecule has 1 aromatic carbocycles. The zero-order valence-corrected chi connectivity index (χ0v) is 8.09. The number of nitrogen functional groups attached to an aromatic ring is 1. The zero-order chi connectivity index (χ0) is 9.40. The molecule has 0 fully saturated rings. The van der Waals surface area contributed by atoms with Crippen LogP contribution in [0.3, 0.4) is 0 Å². The molecule has 12 heavy (non-hydrogen) atoms. The van der Waals surface area contributed by atoms with Crippen LogP contribution in [0.1, 0.15) is 12.5 Å². The molecule has 3 N–H and O–H groups in total. The molecule has 0 aromatic heterocycles. The third-order valence-electron chi connectivity index (χ3n) is 1.43. The molecule has 1 rings (SSSR count). The van der Waals surface area contributed by atoms with E-state index in [1.807, 2.05) is 38.2 Å². The molecule has 0 saturated heterocycles. The maximum absolute atomic E-state index is 5.43. The molecule has 2 heteroatoms. The summed E-state index contributed by atoms with van der Waals surface area (Å²) in [6, 6.07) is 7.79. The minimum absolute atomic E-state index is 0.829. The highest BCUT2D eigenvalue weighted by Gasteiger charge is 1.80. The van der Waals surface area contributed by atoms with Gasteiger partial charge in [-0.25, -0.2) is 0 Å². The van der Waals surface area contributed by atoms with Crippen molar-refractivity contribution in [1.82, 2.24) is 5.32 Å². The molecule has 0 saturated carbocycles. The summed E-state index contributed by atoms with van der Waals surface area (Å²) in [5.41, 5.74) is 7.51. The Morgan fingerprint density at radius 2 is 1.67 bits per heavy atom. The minimum atomic E-state index is 0.829. The molecular formula is C10H18N2. The maximum Gasteiger partial charge on any atom is 0.0314 e. The van der Waals surface area contributed by atoms with E-state index >= 15 is 0 Å². The number of nitrogens with one attached hydrogen (secondary N) is 1. The quantitative estimate of drug-likeness (QED) is 0.624. The van der Waals surface area contributed by atoms with Gasteiger partial charge < -0.3 is 11.1 Å². The van der Waals surface area contributed by atoms with Gasteiger partial charge in [0, 0.05) is 5.69 Å². The molecule has 0 radical (unpaired) electrons. The normalized spacial score (nSPS) is 8.58. The second kappa shape index (κ2) is 6.68. The van der Waals surface area contributed by atoms with Gasteiger partial charge in [0.25, 0.3) is 0 Å². The van der Waals surface area contributed by atoms with Gasteiger partial charge in [0.15, 0.2) is 0 Å². The number of benzene rings is 1. The van der Waals surface area contributed by atoms with E-state index in [-0.39, 0.29) is 0 Å². The summed E-state index contributed by atoms with van der Waals surface area (Å²) < 4.78 is 0. The SMILES string of the molecule is CCNC.Cc1ccc(N)cc1. The number of nitrogens with two attached hydrogens (primary N) is 1.